The van der Waals surface area contributed by atoms with Gasteiger partial charge >= 0.3 is 11.9 Å². The number of terminal acetylenes is 1. The third kappa shape index (κ3) is 6.08. The summed E-state index contributed by atoms with van der Waals surface area (Å²) in [4.78, 5) is 44.6. The fourth-order valence-electron chi connectivity index (χ4n) is 5.38. The maximum atomic E-state index is 15.3. The topological polar surface area (TPSA) is 90.7 Å². The zero-order valence-electron chi connectivity index (χ0n) is 26.0. The molecule has 1 heterocycles. The highest BCUT2D eigenvalue weighted by molar-refractivity contribution is 5.92. The Balaban J connectivity index is 1.47. The summed E-state index contributed by atoms with van der Waals surface area (Å²) in [7, 11) is 0. The Morgan fingerprint density at radius 3 is 2.27 bits per heavy atom. The first kappa shape index (κ1) is 34.0. The smallest absolute Gasteiger partial charge is 0.346 e. The molecule has 0 radical (unpaired) electrons. The van der Waals surface area contributed by atoms with Crippen LogP contribution in [0.2, 0.25) is 0 Å². The van der Waals surface area contributed by atoms with Gasteiger partial charge in [0, 0.05) is 5.69 Å². The third-order valence-electron chi connectivity index (χ3n) is 7.90. The van der Waals surface area contributed by atoms with Crippen LogP contribution in [0.3, 0.4) is 0 Å². The van der Waals surface area contributed by atoms with Crippen LogP contribution >= 0.6 is 0 Å². The van der Waals surface area contributed by atoms with Crippen LogP contribution in [0.4, 0.5) is 32.0 Å². The lowest BCUT2D eigenvalue weighted by Gasteiger charge is -2.30. The number of fused-ring (bicyclic) bond motifs is 2. The summed E-state index contributed by atoms with van der Waals surface area (Å²) in [6.45, 7) is 6.27. The molecule has 0 saturated heterocycles. The van der Waals surface area contributed by atoms with E-state index >= 15 is 4.39 Å². The predicted molar refractivity (Wildman–Crippen MR) is 161 cm³/mol. The molecular weight excluding hydrogens is 644 g/mol. The second-order valence-electron chi connectivity index (χ2n) is 12.1. The van der Waals surface area contributed by atoms with Gasteiger partial charge < -0.3 is 14.4 Å². The molecule has 14 heteroatoms. The number of carbonyl (C=O) groups excluding carboxylic acids is 2. The molecule has 1 aliphatic carbocycles. The number of anilines is 1. The number of esters is 2. The van der Waals surface area contributed by atoms with E-state index in [1.165, 1.54) is 10.6 Å². The predicted octanol–water partition coefficient (Wildman–Crippen LogP) is 6.43. The first-order chi connectivity index (χ1) is 22.5. The number of carbonyl (C=O) groups is 2. The lowest BCUT2D eigenvalue weighted by atomic mass is 9.98. The standard InChI is InChI=1S/C34H27F6N3O5/c1-6-11-42(18-8-9-19(22(35)13-18)32(45)48-30-28(39)26(37)25(36)27(38)29(30)40)24-10-7-17-12-23-21(14-20(17)24)31(44)43(16(2)41-23)15-47-33(46)34(3,4)5/h1,8-9,12-14,24H,7,10-11,15H2,2-5H3. The Hall–Kier alpha value is -5.32. The number of benzene rings is 3. The van der Waals surface area contributed by atoms with Crippen LogP contribution in [-0.4, -0.2) is 28.0 Å². The molecule has 48 heavy (non-hydrogen) atoms. The molecule has 1 unspecified atom stereocenters. The molecule has 1 aromatic heterocycles. The zero-order chi connectivity index (χ0) is 35.2. The van der Waals surface area contributed by atoms with Crippen molar-refractivity contribution in [3.8, 4) is 18.1 Å². The summed E-state index contributed by atoms with van der Waals surface area (Å²) in [5.74, 6) is -14.4. The van der Waals surface area contributed by atoms with Gasteiger partial charge in [0.1, 0.15) is 11.6 Å². The Morgan fingerprint density at radius 1 is 1.02 bits per heavy atom. The second-order valence-corrected chi connectivity index (χ2v) is 12.1. The SMILES string of the molecule is C#CCN(c1ccc(C(=O)Oc2c(F)c(F)c(F)c(F)c2F)c(F)c1)C1CCc2cc3nc(C)n(COC(=O)C(C)(C)C)c(=O)c3cc21. The van der Waals surface area contributed by atoms with Crippen molar-refractivity contribution in [1.82, 2.24) is 9.55 Å². The van der Waals surface area contributed by atoms with Crippen molar-refractivity contribution in [2.75, 3.05) is 11.4 Å². The molecule has 0 fully saturated rings. The highest BCUT2D eigenvalue weighted by Gasteiger charge is 2.32. The molecular formula is C34H27F6N3O5. The summed E-state index contributed by atoms with van der Waals surface area (Å²) in [6, 6.07) is 6.07. The average Bonchev–Trinajstić information content (AvgIpc) is 3.44. The number of rotatable bonds is 7. The molecule has 0 aliphatic heterocycles. The third-order valence-corrected chi connectivity index (χ3v) is 7.90. The monoisotopic (exact) mass is 671 g/mol. The average molecular weight is 672 g/mol. The molecule has 0 bridgehead atoms. The first-order valence-electron chi connectivity index (χ1n) is 14.5. The van der Waals surface area contributed by atoms with E-state index in [4.69, 9.17) is 11.2 Å². The Labute approximate surface area is 269 Å². The van der Waals surface area contributed by atoms with E-state index in [1.807, 2.05) is 0 Å². The minimum Gasteiger partial charge on any atom is -0.443 e. The van der Waals surface area contributed by atoms with Gasteiger partial charge in [0.2, 0.25) is 34.8 Å². The van der Waals surface area contributed by atoms with Crippen molar-refractivity contribution in [3.63, 3.8) is 0 Å². The molecule has 0 spiro atoms. The number of aromatic nitrogens is 2. The second kappa shape index (κ2) is 12.7. The fraction of sp³-hybridized carbons (Fsp3) is 0.294. The van der Waals surface area contributed by atoms with Crippen molar-refractivity contribution in [2.45, 2.75) is 53.3 Å². The largest absolute Gasteiger partial charge is 0.443 e. The van der Waals surface area contributed by atoms with E-state index in [0.717, 1.165) is 17.7 Å². The number of hydrogen-bond acceptors (Lipinski definition) is 7. The van der Waals surface area contributed by atoms with Crippen molar-refractivity contribution in [3.05, 3.63) is 98.1 Å². The van der Waals surface area contributed by atoms with Gasteiger partial charge in [0.05, 0.1) is 34.5 Å². The van der Waals surface area contributed by atoms with Crippen LogP contribution in [-0.2, 0) is 22.7 Å². The first-order valence-corrected chi connectivity index (χ1v) is 14.5. The van der Waals surface area contributed by atoms with E-state index in [-0.39, 0.29) is 24.3 Å². The molecule has 0 saturated carbocycles. The van der Waals surface area contributed by atoms with Crippen LogP contribution < -0.4 is 15.2 Å². The zero-order valence-corrected chi connectivity index (χ0v) is 26.0. The summed E-state index contributed by atoms with van der Waals surface area (Å²) in [6.07, 6.45) is 6.69. The van der Waals surface area contributed by atoms with Gasteiger partial charge in [-0.15, -0.1) is 6.42 Å². The molecule has 0 N–H and O–H groups in total. The van der Waals surface area contributed by atoms with Crippen LogP contribution in [0.1, 0.15) is 60.5 Å². The summed E-state index contributed by atoms with van der Waals surface area (Å²) in [5, 5.41) is 0.246. The Morgan fingerprint density at radius 2 is 1.67 bits per heavy atom. The van der Waals surface area contributed by atoms with Gasteiger partial charge in [-0.05, 0) is 82.0 Å². The van der Waals surface area contributed by atoms with E-state index in [2.05, 4.69) is 15.6 Å². The van der Waals surface area contributed by atoms with E-state index in [0.29, 0.717) is 29.7 Å². The van der Waals surface area contributed by atoms with Crippen LogP contribution in [0, 0.1) is 59.6 Å². The minimum atomic E-state index is -2.45. The highest BCUT2D eigenvalue weighted by atomic mass is 19.2. The number of ether oxygens (including phenoxy) is 2. The minimum absolute atomic E-state index is 0.0466. The Kier molecular flexibility index (Phi) is 9.01. The van der Waals surface area contributed by atoms with Gasteiger partial charge in [-0.25, -0.2) is 27.3 Å². The molecule has 0 amide bonds. The number of aryl methyl sites for hydroxylation is 2. The fourth-order valence-corrected chi connectivity index (χ4v) is 5.38. The van der Waals surface area contributed by atoms with Crippen molar-refractivity contribution < 1.29 is 45.4 Å². The number of hydrogen-bond donors (Lipinski definition) is 0. The van der Waals surface area contributed by atoms with Gasteiger partial charge in [0.25, 0.3) is 5.56 Å². The molecule has 1 atom stereocenters. The van der Waals surface area contributed by atoms with Gasteiger partial charge in [-0.1, -0.05) is 5.92 Å². The van der Waals surface area contributed by atoms with Crippen LogP contribution in [0.15, 0.2) is 35.1 Å². The maximum Gasteiger partial charge on any atom is 0.346 e. The molecule has 8 nitrogen and oxygen atoms in total. The number of nitrogens with zero attached hydrogens (tertiary/aromatic N) is 3. The number of halogens is 6. The lowest BCUT2D eigenvalue weighted by Crippen LogP contribution is -2.30. The summed E-state index contributed by atoms with van der Waals surface area (Å²) < 4.78 is 94.8. The summed E-state index contributed by atoms with van der Waals surface area (Å²) >= 11 is 0. The van der Waals surface area contributed by atoms with Gasteiger partial charge in [-0.3, -0.25) is 14.2 Å². The van der Waals surface area contributed by atoms with E-state index in [9.17, 15) is 36.3 Å². The highest BCUT2D eigenvalue weighted by Crippen LogP contribution is 2.40. The quantitative estimate of drug-likeness (QED) is 0.0559. The van der Waals surface area contributed by atoms with Crippen LogP contribution in [0.25, 0.3) is 10.9 Å². The molecule has 5 rings (SSSR count). The Bertz CT molecular complexity index is 2070. The van der Waals surface area contributed by atoms with Crippen molar-refractivity contribution >= 4 is 28.5 Å². The van der Waals surface area contributed by atoms with Crippen molar-refractivity contribution in [2.24, 2.45) is 5.41 Å². The maximum absolute atomic E-state index is 15.3. The van der Waals surface area contributed by atoms with Gasteiger partial charge in [-0.2, -0.15) is 8.78 Å². The van der Waals surface area contributed by atoms with E-state index in [1.54, 1.807) is 44.7 Å². The summed E-state index contributed by atoms with van der Waals surface area (Å²) in [5.41, 5.74) is 0.0986. The van der Waals surface area contributed by atoms with Gasteiger partial charge in [0.15, 0.2) is 6.73 Å². The lowest BCUT2D eigenvalue weighted by molar-refractivity contribution is -0.157. The normalized spacial score (nSPS) is 14.1. The van der Waals surface area contributed by atoms with E-state index < -0.39 is 75.2 Å². The molecule has 3 aromatic carbocycles. The molecule has 1 aliphatic rings. The molecule has 4 aromatic rings. The van der Waals surface area contributed by atoms with Crippen molar-refractivity contribution in [1.29, 1.82) is 0 Å². The van der Waals surface area contributed by atoms with Crippen LogP contribution in [0.5, 0.6) is 5.75 Å². The molecule has 250 valence electrons.